The number of fused-ring (bicyclic) bond motifs is 7. The number of benzene rings is 8. The minimum absolute atomic E-state index is 0.843. The standard InChI is InChI=1S/C46H28O2/c1-3-14-29(15-4-1)31-18-13-19-32(28-31)41-33-20-7-9-22-35(33)42(36-23-10-8-21-34(36)41)45-44-40(48-46(45)30-16-5-2-6-17-30)27-26-39-43(44)37-24-11-12-25-38(37)47-39/h1-28H. The molecule has 2 heteroatoms. The molecule has 2 heterocycles. The Balaban J connectivity index is 1.38. The van der Waals surface area contributed by atoms with Crippen LogP contribution in [0.25, 0.3) is 99.2 Å². The van der Waals surface area contributed by atoms with Gasteiger partial charge in [0.2, 0.25) is 0 Å². The average Bonchev–Trinajstić information content (AvgIpc) is 3.73. The van der Waals surface area contributed by atoms with Gasteiger partial charge in [-0.3, -0.25) is 0 Å². The highest BCUT2D eigenvalue weighted by Crippen LogP contribution is 2.52. The SMILES string of the molecule is c1ccc(-c2cccc(-c3c4ccccc4c(-c4c(-c5ccccc5)oc5ccc6oc7ccccc7c6c45)c4ccccc34)c2)cc1. The summed E-state index contributed by atoms with van der Waals surface area (Å²) < 4.78 is 13.3. The van der Waals surface area contributed by atoms with Crippen molar-refractivity contribution in [3.8, 4) is 44.7 Å². The monoisotopic (exact) mass is 612 g/mol. The summed E-state index contributed by atoms with van der Waals surface area (Å²) in [6, 6.07) is 60.1. The highest BCUT2D eigenvalue weighted by Gasteiger charge is 2.26. The van der Waals surface area contributed by atoms with Crippen molar-refractivity contribution in [1.29, 1.82) is 0 Å². The van der Waals surface area contributed by atoms with Gasteiger partial charge in [-0.2, -0.15) is 0 Å². The first-order valence-corrected chi connectivity index (χ1v) is 16.4. The second kappa shape index (κ2) is 10.6. The average molecular weight is 613 g/mol. The van der Waals surface area contributed by atoms with Gasteiger partial charge in [0.05, 0.1) is 0 Å². The molecule has 2 nitrogen and oxygen atoms in total. The summed E-state index contributed by atoms with van der Waals surface area (Å²) in [5, 5.41) is 8.01. The van der Waals surface area contributed by atoms with Gasteiger partial charge in [0, 0.05) is 32.8 Å². The summed E-state index contributed by atoms with van der Waals surface area (Å²) in [7, 11) is 0. The Morgan fingerprint density at radius 1 is 0.271 bits per heavy atom. The van der Waals surface area contributed by atoms with Crippen LogP contribution in [0.3, 0.4) is 0 Å². The Labute approximate surface area is 277 Å². The van der Waals surface area contributed by atoms with Crippen LogP contribution in [0.1, 0.15) is 0 Å². The molecule has 0 radical (unpaired) electrons. The summed E-state index contributed by atoms with van der Waals surface area (Å²) in [6.45, 7) is 0. The molecule has 0 saturated carbocycles. The maximum absolute atomic E-state index is 6.90. The zero-order valence-corrected chi connectivity index (χ0v) is 26.0. The molecule has 0 unspecified atom stereocenters. The second-order valence-corrected chi connectivity index (χ2v) is 12.4. The Kier molecular flexibility index (Phi) is 5.91. The van der Waals surface area contributed by atoms with E-state index in [2.05, 4.69) is 152 Å². The fourth-order valence-corrected chi connectivity index (χ4v) is 7.63. The van der Waals surface area contributed by atoms with Crippen LogP contribution in [0.15, 0.2) is 179 Å². The van der Waals surface area contributed by atoms with Crippen LogP contribution >= 0.6 is 0 Å². The molecule has 0 bridgehead atoms. The van der Waals surface area contributed by atoms with E-state index in [-0.39, 0.29) is 0 Å². The van der Waals surface area contributed by atoms with Crippen LogP contribution in [-0.2, 0) is 0 Å². The normalized spacial score (nSPS) is 11.8. The molecule has 0 spiro atoms. The number of hydrogen-bond donors (Lipinski definition) is 0. The number of hydrogen-bond acceptors (Lipinski definition) is 2. The molecule has 0 N–H and O–H groups in total. The van der Waals surface area contributed by atoms with Crippen LogP contribution in [0, 0.1) is 0 Å². The molecule has 10 rings (SSSR count). The topological polar surface area (TPSA) is 26.3 Å². The zero-order chi connectivity index (χ0) is 31.6. The van der Waals surface area contributed by atoms with E-state index in [4.69, 9.17) is 8.83 Å². The number of rotatable bonds is 4. The molecular formula is C46H28O2. The number of para-hydroxylation sites is 1. The molecule has 0 amide bonds. The molecule has 48 heavy (non-hydrogen) atoms. The van der Waals surface area contributed by atoms with Gasteiger partial charge in [-0.05, 0) is 68.1 Å². The molecule has 0 saturated heterocycles. The zero-order valence-electron chi connectivity index (χ0n) is 26.0. The fraction of sp³-hybridized carbons (Fsp3) is 0. The lowest BCUT2D eigenvalue weighted by Crippen LogP contribution is -1.92. The first kappa shape index (κ1) is 26.8. The first-order chi connectivity index (χ1) is 23.8. The molecule has 0 atom stereocenters. The van der Waals surface area contributed by atoms with Gasteiger partial charge in [-0.15, -0.1) is 0 Å². The third-order valence-corrected chi connectivity index (χ3v) is 9.67. The van der Waals surface area contributed by atoms with E-state index in [1.807, 2.05) is 18.2 Å². The Hall–Kier alpha value is -6.38. The summed E-state index contributed by atoms with van der Waals surface area (Å²) in [4.78, 5) is 0. The molecule has 2 aromatic heterocycles. The van der Waals surface area contributed by atoms with E-state index in [9.17, 15) is 0 Å². The smallest absolute Gasteiger partial charge is 0.143 e. The van der Waals surface area contributed by atoms with Crippen LogP contribution in [0.5, 0.6) is 0 Å². The van der Waals surface area contributed by atoms with Gasteiger partial charge in [-0.25, -0.2) is 0 Å². The molecule has 0 fully saturated rings. The summed E-state index contributed by atoms with van der Waals surface area (Å²) in [5.74, 6) is 0.859. The van der Waals surface area contributed by atoms with Crippen molar-refractivity contribution in [3.05, 3.63) is 170 Å². The van der Waals surface area contributed by atoms with Crippen LogP contribution in [0.2, 0.25) is 0 Å². The third kappa shape index (κ3) is 4.00. The highest BCUT2D eigenvalue weighted by molar-refractivity contribution is 6.30. The van der Waals surface area contributed by atoms with Crippen molar-refractivity contribution >= 4 is 54.5 Å². The predicted octanol–water partition coefficient (Wildman–Crippen LogP) is 13.3. The van der Waals surface area contributed by atoms with Gasteiger partial charge >= 0.3 is 0 Å². The minimum atomic E-state index is 0.843. The second-order valence-electron chi connectivity index (χ2n) is 12.4. The van der Waals surface area contributed by atoms with Crippen molar-refractivity contribution < 1.29 is 8.83 Å². The van der Waals surface area contributed by atoms with E-state index in [1.165, 1.54) is 49.4 Å². The van der Waals surface area contributed by atoms with Gasteiger partial charge in [-0.1, -0.05) is 146 Å². The Morgan fingerprint density at radius 3 is 1.44 bits per heavy atom. The maximum atomic E-state index is 6.90. The summed E-state index contributed by atoms with van der Waals surface area (Å²) in [5.41, 5.74) is 10.7. The summed E-state index contributed by atoms with van der Waals surface area (Å²) >= 11 is 0. The third-order valence-electron chi connectivity index (χ3n) is 9.67. The van der Waals surface area contributed by atoms with Crippen molar-refractivity contribution in [1.82, 2.24) is 0 Å². The van der Waals surface area contributed by atoms with Crippen molar-refractivity contribution in [2.24, 2.45) is 0 Å². The molecule has 8 aromatic carbocycles. The Morgan fingerprint density at radius 2 is 0.771 bits per heavy atom. The predicted molar refractivity (Wildman–Crippen MR) is 200 cm³/mol. The van der Waals surface area contributed by atoms with E-state index in [0.29, 0.717) is 0 Å². The molecule has 0 aliphatic carbocycles. The minimum Gasteiger partial charge on any atom is -0.456 e. The fourth-order valence-electron chi connectivity index (χ4n) is 7.63. The van der Waals surface area contributed by atoms with Crippen LogP contribution < -0.4 is 0 Å². The molecule has 0 aliphatic rings. The van der Waals surface area contributed by atoms with E-state index in [1.54, 1.807) is 0 Å². The van der Waals surface area contributed by atoms with Crippen molar-refractivity contribution in [2.45, 2.75) is 0 Å². The lowest BCUT2D eigenvalue weighted by atomic mass is 9.84. The van der Waals surface area contributed by atoms with Crippen LogP contribution in [0.4, 0.5) is 0 Å². The number of furan rings is 2. The van der Waals surface area contributed by atoms with Crippen LogP contribution in [-0.4, -0.2) is 0 Å². The largest absolute Gasteiger partial charge is 0.456 e. The molecule has 10 aromatic rings. The quantitative estimate of drug-likeness (QED) is 0.185. The summed E-state index contributed by atoms with van der Waals surface area (Å²) in [6.07, 6.45) is 0. The van der Waals surface area contributed by atoms with E-state index in [0.717, 1.165) is 49.8 Å². The van der Waals surface area contributed by atoms with E-state index >= 15 is 0 Å². The first-order valence-electron chi connectivity index (χ1n) is 16.4. The maximum Gasteiger partial charge on any atom is 0.143 e. The molecule has 0 aliphatic heterocycles. The lowest BCUT2D eigenvalue weighted by molar-refractivity contribution is 0.632. The van der Waals surface area contributed by atoms with Gasteiger partial charge in [0.15, 0.2) is 0 Å². The van der Waals surface area contributed by atoms with Gasteiger partial charge < -0.3 is 8.83 Å². The lowest BCUT2D eigenvalue weighted by Gasteiger charge is -2.18. The molecule has 224 valence electrons. The van der Waals surface area contributed by atoms with Crippen molar-refractivity contribution in [3.63, 3.8) is 0 Å². The highest BCUT2D eigenvalue weighted by atomic mass is 16.3. The Bertz CT molecular complexity index is 2760. The van der Waals surface area contributed by atoms with Gasteiger partial charge in [0.25, 0.3) is 0 Å². The van der Waals surface area contributed by atoms with E-state index < -0.39 is 0 Å². The molecular weight excluding hydrogens is 585 g/mol. The van der Waals surface area contributed by atoms with Gasteiger partial charge in [0.1, 0.15) is 22.5 Å². The van der Waals surface area contributed by atoms with Crippen molar-refractivity contribution in [2.75, 3.05) is 0 Å².